The van der Waals surface area contributed by atoms with E-state index in [0.29, 0.717) is 19.0 Å². The minimum atomic E-state index is -5.08. The molecule has 0 spiro atoms. The maximum absolute atomic E-state index is 12.3. The number of carbonyl (C=O) groups excluding carboxylic acids is 1. The monoisotopic (exact) mass is 454 g/mol. The molecule has 1 N–H and O–H groups in total. The molecular weight excluding hydrogens is 433 g/mol. The van der Waals surface area contributed by atoms with Crippen molar-refractivity contribution in [3.8, 4) is 5.88 Å². The first-order chi connectivity index (χ1) is 13.9. The zero-order valence-corrected chi connectivity index (χ0v) is 16.7. The first kappa shape index (κ1) is 23.9. The molecule has 0 radical (unpaired) electrons. The Labute approximate surface area is 170 Å². The van der Waals surface area contributed by atoms with E-state index in [9.17, 15) is 26.4 Å². The van der Waals surface area contributed by atoms with Crippen LogP contribution in [0.4, 0.5) is 13.2 Å². The van der Waals surface area contributed by atoms with E-state index in [4.69, 9.17) is 19.4 Å². The molecule has 168 valence electrons. The average Bonchev–Trinajstić information content (AvgIpc) is 3.04. The summed E-state index contributed by atoms with van der Waals surface area (Å²) in [7, 11) is -3.34. The van der Waals surface area contributed by atoms with E-state index < -0.39 is 27.7 Å². The number of nitrogens with zero attached hydrogens (tertiary/aromatic N) is 2. The Bertz CT molecular complexity index is 849. The number of amides is 1. The van der Waals surface area contributed by atoms with Gasteiger partial charge in [0.2, 0.25) is 11.8 Å². The van der Waals surface area contributed by atoms with Gasteiger partial charge in [0.15, 0.2) is 9.84 Å². The fourth-order valence-electron chi connectivity index (χ4n) is 3.23. The lowest BCUT2D eigenvalue weighted by Gasteiger charge is -2.38. The molecule has 1 amide bonds. The third-order valence-electron chi connectivity index (χ3n) is 4.39. The van der Waals surface area contributed by atoms with E-state index >= 15 is 0 Å². The van der Waals surface area contributed by atoms with Crippen LogP contribution in [0.1, 0.15) is 12.8 Å². The maximum Gasteiger partial charge on any atom is 0.490 e. The first-order valence-corrected chi connectivity index (χ1v) is 10.9. The minimum Gasteiger partial charge on any atom is -0.475 e. The van der Waals surface area contributed by atoms with Crippen LogP contribution in [0.15, 0.2) is 24.4 Å². The summed E-state index contributed by atoms with van der Waals surface area (Å²) in [6, 6.07) is 5.31. The molecule has 0 aromatic carbocycles. The Morgan fingerprint density at radius 3 is 2.53 bits per heavy atom. The number of ether oxygens (including phenoxy) is 2. The van der Waals surface area contributed by atoms with Gasteiger partial charge in [-0.25, -0.2) is 18.2 Å². The van der Waals surface area contributed by atoms with Gasteiger partial charge in [-0.05, 0) is 18.9 Å². The SMILES string of the molecule is CS(=O)(=O)CC(=O)N1CCO[C@H]2[C@H](Oc3ccccn3)CC[C@@H]21.O=C(O)C(F)(F)F. The highest BCUT2D eigenvalue weighted by atomic mass is 32.2. The van der Waals surface area contributed by atoms with E-state index in [-0.39, 0.29) is 24.2 Å². The summed E-state index contributed by atoms with van der Waals surface area (Å²) in [5.41, 5.74) is 0. The van der Waals surface area contributed by atoms with Crippen LogP contribution in [0, 0.1) is 0 Å². The van der Waals surface area contributed by atoms with E-state index in [1.165, 1.54) is 0 Å². The lowest BCUT2D eigenvalue weighted by atomic mass is 10.1. The lowest BCUT2D eigenvalue weighted by molar-refractivity contribution is -0.192. The molecule has 1 aliphatic heterocycles. The molecule has 2 fully saturated rings. The predicted molar refractivity (Wildman–Crippen MR) is 96.5 cm³/mol. The van der Waals surface area contributed by atoms with E-state index in [1.54, 1.807) is 17.2 Å². The molecule has 1 aromatic heterocycles. The number of aliphatic carboxylic acids is 1. The first-order valence-electron chi connectivity index (χ1n) is 8.85. The number of carboxylic acids is 1. The number of hydrogen-bond donors (Lipinski definition) is 1. The zero-order valence-electron chi connectivity index (χ0n) is 15.9. The Balaban J connectivity index is 0.000000396. The summed E-state index contributed by atoms with van der Waals surface area (Å²) in [5.74, 6) is -3.04. The summed E-state index contributed by atoms with van der Waals surface area (Å²) in [6.07, 6.45) is -1.29. The number of carbonyl (C=O) groups is 2. The fourth-order valence-corrected chi connectivity index (χ4v) is 3.85. The molecule has 0 unspecified atom stereocenters. The average molecular weight is 454 g/mol. The Hall–Kier alpha value is -2.41. The molecule has 2 heterocycles. The number of pyridine rings is 1. The van der Waals surface area contributed by atoms with Gasteiger partial charge in [0.25, 0.3) is 0 Å². The maximum atomic E-state index is 12.3. The second-order valence-corrected chi connectivity index (χ2v) is 8.90. The zero-order chi connectivity index (χ0) is 22.5. The summed E-state index contributed by atoms with van der Waals surface area (Å²) in [5, 5.41) is 7.12. The van der Waals surface area contributed by atoms with Crippen molar-refractivity contribution in [2.45, 2.75) is 37.3 Å². The van der Waals surface area contributed by atoms with Crippen LogP contribution in [0.3, 0.4) is 0 Å². The summed E-state index contributed by atoms with van der Waals surface area (Å²) in [6.45, 7) is 0.810. The molecule has 1 aliphatic carbocycles. The molecule has 9 nitrogen and oxygen atoms in total. The van der Waals surface area contributed by atoms with Crippen LogP contribution in [0.2, 0.25) is 0 Å². The van der Waals surface area contributed by atoms with Gasteiger partial charge < -0.3 is 19.5 Å². The molecule has 13 heteroatoms. The normalized spacial score (nSPS) is 23.7. The third-order valence-corrected chi connectivity index (χ3v) is 5.17. The fraction of sp³-hybridized carbons (Fsp3) is 0.588. The van der Waals surface area contributed by atoms with Crippen LogP contribution in [-0.2, 0) is 24.2 Å². The highest BCUT2D eigenvalue weighted by Crippen LogP contribution is 2.32. The number of hydrogen-bond acceptors (Lipinski definition) is 7. The number of alkyl halides is 3. The molecule has 0 bridgehead atoms. The molecular formula is C17H21F3N2O7S. The topological polar surface area (TPSA) is 123 Å². The minimum absolute atomic E-state index is 0.133. The number of morpholine rings is 1. The molecule has 3 atom stereocenters. The molecule has 2 aliphatic rings. The van der Waals surface area contributed by atoms with Gasteiger partial charge in [0.1, 0.15) is 18.0 Å². The molecule has 3 rings (SSSR count). The number of carboxylic acid groups (broad SMARTS) is 1. The number of aromatic nitrogens is 1. The number of rotatable bonds is 4. The van der Waals surface area contributed by atoms with Crippen molar-refractivity contribution in [3.63, 3.8) is 0 Å². The molecule has 1 saturated heterocycles. The highest BCUT2D eigenvalue weighted by Gasteiger charge is 2.46. The van der Waals surface area contributed by atoms with Gasteiger partial charge in [0, 0.05) is 25.1 Å². The molecule has 1 aromatic rings. The number of halogens is 3. The van der Waals surface area contributed by atoms with Gasteiger partial charge >= 0.3 is 12.1 Å². The smallest absolute Gasteiger partial charge is 0.475 e. The van der Waals surface area contributed by atoms with Crippen molar-refractivity contribution in [2.24, 2.45) is 0 Å². The van der Waals surface area contributed by atoms with Crippen LogP contribution in [-0.4, -0.2) is 84.9 Å². The lowest BCUT2D eigenvalue weighted by Crippen LogP contribution is -2.55. The molecule has 30 heavy (non-hydrogen) atoms. The highest BCUT2D eigenvalue weighted by molar-refractivity contribution is 7.91. The largest absolute Gasteiger partial charge is 0.490 e. The summed E-state index contributed by atoms with van der Waals surface area (Å²) in [4.78, 5) is 26.9. The van der Waals surface area contributed by atoms with Crippen LogP contribution in [0.25, 0.3) is 0 Å². The Kier molecular flexibility index (Phi) is 7.64. The van der Waals surface area contributed by atoms with Gasteiger partial charge in [-0.15, -0.1) is 0 Å². The standard InChI is InChI=1S/C15H20N2O5S.C2HF3O2/c1-23(19,20)10-14(18)17-8-9-21-15-11(17)5-6-12(15)22-13-4-2-3-7-16-13;3-2(4,5)1(6)7/h2-4,7,11-12,15H,5-6,8-10H2,1H3;(H,6,7)/t11-,12+,15+;/m0./s1. The van der Waals surface area contributed by atoms with Gasteiger partial charge in [-0.2, -0.15) is 13.2 Å². The number of fused-ring (bicyclic) bond motifs is 1. The Morgan fingerprint density at radius 2 is 2.00 bits per heavy atom. The van der Waals surface area contributed by atoms with Crippen LogP contribution in [0.5, 0.6) is 5.88 Å². The van der Waals surface area contributed by atoms with Crippen molar-refractivity contribution < 1.29 is 45.8 Å². The second kappa shape index (κ2) is 9.60. The van der Waals surface area contributed by atoms with Crippen molar-refractivity contribution in [1.82, 2.24) is 9.88 Å². The second-order valence-electron chi connectivity index (χ2n) is 6.76. The van der Waals surface area contributed by atoms with E-state index in [0.717, 1.165) is 19.1 Å². The third kappa shape index (κ3) is 6.83. The Morgan fingerprint density at radius 1 is 1.33 bits per heavy atom. The molecule has 1 saturated carbocycles. The van der Waals surface area contributed by atoms with Gasteiger partial charge in [-0.1, -0.05) is 6.07 Å². The summed E-state index contributed by atoms with van der Waals surface area (Å²) >= 11 is 0. The van der Waals surface area contributed by atoms with E-state index in [2.05, 4.69) is 4.98 Å². The number of sulfone groups is 1. The van der Waals surface area contributed by atoms with Crippen molar-refractivity contribution in [3.05, 3.63) is 24.4 Å². The van der Waals surface area contributed by atoms with Crippen molar-refractivity contribution in [2.75, 3.05) is 25.2 Å². The summed E-state index contributed by atoms with van der Waals surface area (Å²) < 4.78 is 66.2. The van der Waals surface area contributed by atoms with E-state index in [1.807, 2.05) is 12.1 Å². The van der Waals surface area contributed by atoms with Gasteiger partial charge in [-0.3, -0.25) is 4.79 Å². The quantitative estimate of drug-likeness (QED) is 0.712. The van der Waals surface area contributed by atoms with Crippen molar-refractivity contribution >= 4 is 21.7 Å². The van der Waals surface area contributed by atoms with Crippen LogP contribution < -0.4 is 4.74 Å². The predicted octanol–water partition coefficient (Wildman–Crippen LogP) is 0.897. The van der Waals surface area contributed by atoms with Gasteiger partial charge in [0.05, 0.1) is 12.6 Å². The van der Waals surface area contributed by atoms with Crippen molar-refractivity contribution in [1.29, 1.82) is 0 Å². The van der Waals surface area contributed by atoms with Crippen LogP contribution >= 0.6 is 0 Å².